The van der Waals surface area contributed by atoms with Gasteiger partial charge in [0.2, 0.25) is 0 Å². The first-order valence-corrected chi connectivity index (χ1v) is 8.00. The number of rotatable bonds is 5. The van der Waals surface area contributed by atoms with E-state index in [0.717, 1.165) is 12.0 Å². The Morgan fingerprint density at radius 3 is 2.85 bits per heavy atom. The number of fused-ring (bicyclic) bond motifs is 3. The molecule has 2 nitrogen and oxygen atoms in total. The Labute approximate surface area is 121 Å². The normalized spacial score (nSPS) is 14.2. The van der Waals surface area contributed by atoms with Crippen LogP contribution in [0.15, 0.2) is 24.4 Å². The van der Waals surface area contributed by atoms with E-state index in [0.29, 0.717) is 5.92 Å². The highest BCUT2D eigenvalue weighted by atomic mass is 14.8. The summed E-state index contributed by atoms with van der Waals surface area (Å²) in [5, 5.41) is 1.31. The van der Waals surface area contributed by atoms with Crippen molar-refractivity contribution in [1.82, 2.24) is 9.97 Å². The van der Waals surface area contributed by atoms with E-state index in [1.165, 1.54) is 49.5 Å². The molecule has 20 heavy (non-hydrogen) atoms. The Morgan fingerprint density at radius 2 is 2.10 bits per heavy atom. The molecule has 0 spiro atoms. The summed E-state index contributed by atoms with van der Waals surface area (Å²) < 4.78 is 0. The van der Waals surface area contributed by atoms with Crippen LogP contribution in [-0.2, 0) is 6.32 Å². The summed E-state index contributed by atoms with van der Waals surface area (Å²) in [5.74, 6) is 3.20. The number of hydrogen-bond acceptors (Lipinski definition) is 1. The van der Waals surface area contributed by atoms with Crippen molar-refractivity contribution < 1.29 is 0 Å². The van der Waals surface area contributed by atoms with E-state index < -0.39 is 0 Å². The van der Waals surface area contributed by atoms with Crippen LogP contribution in [0, 0.1) is 5.92 Å². The quantitative estimate of drug-likeness (QED) is 0.812. The van der Waals surface area contributed by atoms with Gasteiger partial charge in [-0.3, -0.25) is 0 Å². The summed E-state index contributed by atoms with van der Waals surface area (Å²) in [5.41, 5.74) is 5.53. The molecule has 0 radical (unpaired) electrons. The minimum Gasteiger partial charge on any atom is -0.346 e. The molecule has 0 amide bonds. The Morgan fingerprint density at radius 1 is 1.30 bits per heavy atom. The lowest BCUT2D eigenvalue weighted by atomic mass is 9.62. The highest BCUT2D eigenvalue weighted by molar-refractivity contribution is 6.44. The maximum Gasteiger partial charge on any atom is 0.153 e. The lowest BCUT2D eigenvalue weighted by Gasteiger charge is -2.25. The number of hydrogen-bond donors (Lipinski definition) is 1. The molecule has 1 aliphatic heterocycles. The molecule has 1 N–H and O–H groups in total. The van der Waals surface area contributed by atoms with Gasteiger partial charge in [-0.2, -0.15) is 0 Å². The first-order valence-electron chi connectivity index (χ1n) is 8.00. The predicted octanol–water partition coefficient (Wildman–Crippen LogP) is 4.07. The number of nitrogens with one attached hydrogen (secondary N) is 1. The summed E-state index contributed by atoms with van der Waals surface area (Å²) >= 11 is 0. The van der Waals surface area contributed by atoms with Crippen LogP contribution in [0.1, 0.15) is 50.7 Å². The number of aromatic nitrogens is 2. The SMILES string of the molecule is CCCC(CCC)C1=CBCc2cnc3[nH]ccc3c21. The van der Waals surface area contributed by atoms with E-state index in [1.54, 1.807) is 5.57 Å². The minimum atomic E-state index is 0.713. The minimum absolute atomic E-state index is 0.713. The van der Waals surface area contributed by atoms with Gasteiger partial charge in [0.25, 0.3) is 0 Å². The molecule has 0 aliphatic carbocycles. The maximum absolute atomic E-state index is 4.56. The number of aromatic amines is 1. The summed E-state index contributed by atoms with van der Waals surface area (Å²) in [6.07, 6.45) is 10.4. The van der Waals surface area contributed by atoms with Gasteiger partial charge in [0, 0.05) is 17.8 Å². The van der Waals surface area contributed by atoms with Crippen LogP contribution in [0.25, 0.3) is 16.6 Å². The Bertz CT molecular complexity index is 621. The molecule has 2 aromatic rings. The number of H-pyrrole nitrogens is 1. The number of pyridine rings is 1. The van der Waals surface area contributed by atoms with E-state index in [-0.39, 0.29) is 0 Å². The highest BCUT2D eigenvalue weighted by Crippen LogP contribution is 2.38. The van der Waals surface area contributed by atoms with Crippen molar-refractivity contribution in [1.29, 1.82) is 0 Å². The first kappa shape index (κ1) is 13.5. The van der Waals surface area contributed by atoms with Crippen LogP contribution >= 0.6 is 0 Å². The third-order valence-corrected chi connectivity index (χ3v) is 4.45. The molecule has 1 aliphatic rings. The van der Waals surface area contributed by atoms with Crippen molar-refractivity contribution in [2.75, 3.05) is 0 Å². The zero-order valence-electron chi connectivity index (χ0n) is 12.6. The average Bonchev–Trinajstić information content (AvgIpc) is 2.95. The van der Waals surface area contributed by atoms with Crippen LogP contribution in [-0.4, -0.2) is 17.2 Å². The van der Waals surface area contributed by atoms with E-state index in [4.69, 9.17) is 0 Å². The van der Waals surface area contributed by atoms with Crippen molar-refractivity contribution in [3.05, 3.63) is 35.6 Å². The van der Waals surface area contributed by atoms with Gasteiger partial charge in [-0.1, -0.05) is 26.7 Å². The highest BCUT2D eigenvalue weighted by Gasteiger charge is 2.22. The van der Waals surface area contributed by atoms with Crippen LogP contribution in [0.2, 0.25) is 0 Å². The van der Waals surface area contributed by atoms with Gasteiger partial charge >= 0.3 is 0 Å². The second-order valence-corrected chi connectivity index (χ2v) is 5.87. The lowest BCUT2D eigenvalue weighted by molar-refractivity contribution is 0.544. The fourth-order valence-corrected chi connectivity index (χ4v) is 3.59. The van der Waals surface area contributed by atoms with Gasteiger partial charge in [-0.15, -0.1) is 5.98 Å². The zero-order valence-corrected chi connectivity index (χ0v) is 12.6. The molecule has 0 bridgehead atoms. The van der Waals surface area contributed by atoms with Crippen LogP contribution < -0.4 is 0 Å². The zero-order chi connectivity index (χ0) is 13.9. The van der Waals surface area contributed by atoms with Crippen molar-refractivity contribution in [3.8, 4) is 0 Å². The number of allylic oxidation sites excluding steroid dienone is 1. The summed E-state index contributed by atoms with van der Waals surface area (Å²) in [6.45, 7) is 4.59. The van der Waals surface area contributed by atoms with Gasteiger partial charge in [0.05, 0.1) is 0 Å². The fraction of sp³-hybridized carbons (Fsp3) is 0.471. The van der Waals surface area contributed by atoms with Gasteiger partial charge in [0.15, 0.2) is 7.28 Å². The molecule has 0 aromatic carbocycles. The average molecular weight is 266 g/mol. The van der Waals surface area contributed by atoms with Crippen molar-refractivity contribution in [2.24, 2.45) is 5.92 Å². The fourth-order valence-electron chi connectivity index (χ4n) is 3.59. The molecule has 104 valence electrons. The molecule has 0 saturated heterocycles. The molecule has 0 saturated carbocycles. The van der Waals surface area contributed by atoms with Gasteiger partial charge < -0.3 is 4.98 Å². The summed E-state index contributed by atoms with van der Waals surface area (Å²) in [6, 6.07) is 2.19. The largest absolute Gasteiger partial charge is 0.346 e. The molecule has 2 aromatic heterocycles. The monoisotopic (exact) mass is 266 g/mol. The maximum atomic E-state index is 4.56. The smallest absolute Gasteiger partial charge is 0.153 e. The molecule has 3 rings (SSSR count). The topological polar surface area (TPSA) is 28.7 Å². The second kappa shape index (κ2) is 5.86. The molecule has 0 unspecified atom stereocenters. The van der Waals surface area contributed by atoms with Crippen LogP contribution in [0.5, 0.6) is 0 Å². The van der Waals surface area contributed by atoms with Crippen molar-refractivity contribution in [3.63, 3.8) is 0 Å². The first-order chi connectivity index (χ1) is 9.85. The predicted molar refractivity (Wildman–Crippen MR) is 88.2 cm³/mol. The summed E-state index contributed by atoms with van der Waals surface area (Å²) in [4.78, 5) is 7.81. The number of nitrogens with zero attached hydrogens (tertiary/aromatic N) is 1. The second-order valence-electron chi connectivity index (χ2n) is 5.87. The third-order valence-electron chi connectivity index (χ3n) is 4.45. The van der Waals surface area contributed by atoms with E-state index in [1.807, 2.05) is 6.20 Å². The van der Waals surface area contributed by atoms with Gasteiger partial charge in [-0.25, -0.2) is 4.98 Å². The molecule has 3 heteroatoms. The molecule has 3 heterocycles. The molecule has 0 fully saturated rings. The lowest BCUT2D eigenvalue weighted by Crippen LogP contribution is -2.13. The van der Waals surface area contributed by atoms with Crippen LogP contribution in [0.4, 0.5) is 0 Å². The standard InChI is InChI=1S/C17H23BN2/c1-3-5-12(6-4-2)15-10-18-9-13-11-20-17-14(16(13)15)7-8-19-17/h7-8,10-12,18H,3-6,9H2,1-2H3,(H,19,20). The van der Waals surface area contributed by atoms with Gasteiger partial charge in [0.1, 0.15) is 5.65 Å². The molecular formula is C17H23BN2. The summed E-state index contributed by atoms with van der Waals surface area (Å²) in [7, 11) is 1.17. The van der Waals surface area contributed by atoms with Crippen LogP contribution in [0.3, 0.4) is 0 Å². The van der Waals surface area contributed by atoms with Crippen molar-refractivity contribution in [2.45, 2.75) is 45.9 Å². The molecule has 0 atom stereocenters. The van der Waals surface area contributed by atoms with E-state index >= 15 is 0 Å². The van der Waals surface area contributed by atoms with E-state index in [2.05, 4.69) is 42.1 Å². The van der Waals surface area contributed by atoms with Crippen molar-refractivity contribution >= 4 is 23.9 Å². The van der Waals surface area contributed by atoms with Gasteiger partial charge in [-0.05, 0) is 47.8 Å². The Kier molecular flexibility index (Phi) is 3.95. The third kappa shape index (κ3) is 2.30. The Hall–Kier alpha value is -1.51. The Balaban J connectivity index is 2.09. The molecular weight excluding hydrogens is 243 g/mol. The van der Waals surface area contributed by atoms with E-state index in [9.17, 15) is 0 Å².